The van der Waals surface area contributed by atoms with Gasteiger partial charge in [-0.05, 0) is 12.1 Å². The Labute approximate surface area is 123 Å². The maximum absolute atomic E-state index is 6.02. The van der Waals surface area contributed by atoms with E-state index in [1.54, 1.807) is 12.4 Å². The first-order chi connectivity index (χ1) is 9.74. The van der Waals surface area contributed by atoms with Crippen LogP contribution >= 0.6 is 11.6 Å². The predicted octanol–water partition coefficient (Wildman–Crippen LogP) is 2.04. The molecule has 2 heterocycles. The summed E-state index contributed by atoms with van der Waals surface area (Å²) in [7, 11) is 0. The van der Waals surface area contributed by atoms with Crippen LogP contribution in [0.4, 0.5) is 17.3 Å². The number of anilines is 3. The minimum absolute atomic E-state index is 0.560. The summed E-state index contributed by atoms with van der Waals surface area (Å²) in [5, 5.41) is 0.560. The molecule has 1 aliphatic rings. The fourth-order valence-electron chi connectivity index (χ4n) is 2.39. The average molecular weight is 290 g/mol. The number of nitrogens with two attached hydrogens (primary N) is 1. The van der Waals surface area contributed by atoms with E-state index >= 15 is 0 Å². The highest BCUT2D eigenvalue weighted by Crippen LogP contribution is 2.24. The van der Waals surface area contributed by atoms with Gasteiger partial charge in [-0.15, -0.1) is 0 Å². The smallest absolute Gasteiger partial charge is 0.225 e. The van der Waals surface area contributed by atoms with Gasteiger partial charge in [-0.1, -0.05) is 23.7 Å². The standard InChI is InChI=1S/C14H16ClN5/c15-11-9-17-14(18-10-11)20-7-5-19(6-8-20)13-4-2-1-3-12(13)16/h1-4,9-10H,5-8,16H2. The lowest BCUT2D eigenvalue weighted by molar-refractivity contribution is 0.640. The van der Waals surface area contributed by atoms with Crippen molar-refractivity contribution in [3.05, 3.63) is 41.7 Å². The second kappa shape index (κ2) is 5.54. The average Bonchev–Trinajstić information content (AvgIpc) is 2.49. The molecule has 1 aromatic heterocycles. The van der Waals surface area contributed by atoms with Crippen molar-refractivity contribution in [2.45, 2.75) is 0 Å². The third kappa shape index (κ3) is 2.63. The molecule has 104 valence electrons. The zero-order chi connectivity index (χ0) is 13.9. The molecule has 0 amide bonds. The predicted molar refractivity (Wildman–Crippen MR) is 82.3 cm³/mol. The van der Waals surface area contributed by atoms with Gasteiger partial charge in [0.25, 0.3) is 0 Å². The number of aromatic nitrogens is 2. The maximum Gasteiger partial charge on any atom is 0.225 e. The van der Waals surface area contributed by atoms with Crippen LogP contribution in [0.1, 0.15) is 0 Å². The Morgan fingerprint density at radius 2 is 1.55 bits per heavy atom. The van der Waals surface area contributed by atoms with E-state index in [2.05, 4.69) is 25.8 Å². The third-order valence-electron chi connectivity index (χ3n) is 3.45. The van der Waals surface area contributed by atoms with Crippen LogP contribution in [0.25, 0.3) is 0 Å². The minimum Gasteiger partial charge on any atom is -0.397 e. The van der Waals surface area contributed by atoms with Gasteiger partial charge in [0.2, 0.25) is 5.95 Å². The lowest BCUT2D eigenvalue weighted by Crippen LogP contribution is -2.47. The summed E-state index contributed by atoms with van der Waals surface area (Å²) in [4.78, 5) is 13.0. The van der Waals surface area contributed by atoms with Crippen LogP contribution in [0.15, 0.2) is 36.7 Å². The van der Waals surface area contributed by atoms with Gasteiger partial charge in [0, 0.05) is 26.2 Å². The highest BCUT2D eigenvalue weighted by atomic mass is 35.5. The number of piperazine rings is 1. The summed E-state index contributed by atoms with van der Waals surface area (Å²) in [6.07, 6.45) is 3.26. The van der Waals surface area contributed by atoms with Crippen molar-refractivity contribution < 1.29 is 0 Å². The van der Waals surface area contributed by atoms with E-state index in [-0.39, 0.29) is 0 Å². The Kier molecular flexibility index (Phi) is 3.60. The molecule has 1 fully saturated rings. The van der Waals surface area contributed by atoms with Crippen LogP contribution in [0.2, 0.25) is 5.02 Å². The number of nitrogen functional groups attached to an aromatic ring is 1. The molecular formula is C14H16ClN5. The van der Waals surface area contributed by atoms with E-state index in [4.69, 9.17) is 17.3 Å². The van der Waals surface area contributed by atoms with Gasteiger partial charge in [0.05, 0.1) is 28.8 Å². The maximum atomic E-state index is 6.02. The zero-order valence-corrected chi connectivity index (χ0v) is 11.8. The lowest BCUT2D eigenvalue weighted by Gasteiger charge is -2.36. The largest absolute Gasteiger partial charge is 0.397 e. The number of rotatable bonds is 2. The van der Waals surface area contributed by atoms with Crippen molar-refractivity contribution in [2.75, 3.05) is 41.7 Å². The molecule has 0 unspecified atom stereocenters. The summed E-state index contributed by atoms with van der Waals surface area (Å²) < 4.78 is 0. The van der Waals surface area contributed by atoms with E-state index in [1.807, 2.05) is 18.2 Å². The molecule has 2 N–H and O–H groups in total. The van der Waals surface area contributed by atoms with Crippen molar-refractivity contribution >= 4 is 28.9 Å². The van der Waals surface area contributed by atoms with E-state index in [0.717, 1.165) is 43.5 Å². The minimum atomic E-state index is 0.560. The molecule has 0 aliphatic carbocycles. The molecule has 1 aromatic carbocycles. The topological polar surface area (TPSA) is 58.3 Å². The fraction of sp³-hybridized carbons (Fsp3) is 0.286. The molecule has 2 aromatic rings. The Morgan fingerprint density at radius 3 is 2.20 bits per heavy atom. The van der Waals surface area contributed by atoms with E-state index in [9.17, 15) is 0 Å². The second-order valence-corrected chi connectivity index (χ2v) is 5.17. The monoisotopic (exact) mass is 289 g/mol. The van der Waals surface area contributed by atoms with Crippen molar-refractivity contribution in [3.8, 4) is 0 Å². The number of hydrogen-bond donors (Lipinski definition) is 1. The van der Waals surface area contributed by atoms with Crippen LogP contribution in [-0.4, -0.2) is 36.1 Å². The molecule has 3 rings (SSSR count). The molecule has 6 heteroatoms. The number of benzene rings is 1. The van der Waals surface area contributed by atoms with E-state index in [0.29, 0.717) is 5.02 Å². The first-order valence-electron chi connectivity index (χ1n) is 6.56. The summed E-state index contributed by atoms with van der Waals surface area (Å²) in [5.41, 5.74) is 7.94. The summed E-state index contributed by atoms with van der Waals surface area (Å²) in [5.74, 6) is 0.732. The van der Waals surface area contributed by atoms with Crippen LogP contribution in [0.3, 0.4) is 0 Å². The van der Waals surface area contributed by atoms with E-state index < -0.39 is 0 Å². The van der Waals surface area contributed by atoms with Crippen molar-refractivity contribution in [2.24, 2.45) is 0 Å². The molecule has 0 radical (unpaired) electrons. The van der Waals surface area contributed by atoms with Crippen molar-refractivity contribution in [1.82, 2.24) is 9.97 Å². The first-order valence-corrected chi connectivity index (χ1v) is 6.94. The fourth-order valence-corrected chi connectivity index (χ4v) is 2.49. The Hall–Kier alpha value is -2.01. The molecule has 1 aliphatic heterocycles. The van der Waals surface area contributed by atoms with Crippen molar-refractivity contribution in [3.63, 3.8) is 0 Å². The van der Waals surface area contributed by atoms with E-state index in [1.165, 1.54) is 0 Å². The molecular weight excluding hydrogens is 274 g/mol. The van der Waals surface area contributed by atoms with Crippen molar-refractivity contribution in [1.29, 1.82) is 0 Å². The normalized spacial score (nSPS) is 15.4. The summed E-state index contributed by atoms with van der Waals surface area (Å²) in [6, 6.07) is 7.96. The number of halogens is 1. The second-order valence-electron chi connectivity index (χ2n) is 4.73. The van der Waals surface area contributed by atoms with Gasteiger partial charge in [-0.2, -0.15) is 0 Å². The molecule has 0 bridgehead atoms. The highest BCUT2D eigenvalue weighted by molar-refractivity contribution is 6.30. The van der Waals surface area contributed by atoms with Gasteiger partial charge in [0.15, 0.2) is 0 Å². The molecule has 0 spiro atoms. The quantitative estimate of drug-likeness (QED) is 0.858. The number of hydrogen-bond acceptors (Lipinski definition) is 5. The highest BCUT2D eigenvalue weighted by Gasteiger charge is 2.20. The van der Waals surface area contributed by atoms with Gasteiger partial charge in [-0.25, -0.2) is 9.97 Å². The van der Waals surface area contributed by atoms with Gasteiger partial charge in [0.1, 0.15) is 0 Å². The van der Waals surface area contributed by atoms with Crippen LogP contribution in [0, 0.1) is 0 Å². The van der Waals surface area contributed by atoms with Crippen LogP contribution in [-0.2, 0) is 0 Å². The Bertz CT molecular complexity index is 578. The zero-order valence-electron chi connectivity index (χ0n) is 11.0. The molecule has 5 nitrogen and oxygen atoms in total. The summed E-state index contributed by atoms with van der Waals surface area (Å²) >= 11 is 5.81. The third-order valence-corrected chi connectivity index (χ3v) is 3.64. The molecule has 0 saturated carbocycles. The number of nitrogens with zero attached hydrogens (tertiary/aromatic N) is 4. The van der Waals surface area contributed by atoms with Gasteiger partial charge < -0.3 is 15.5 Å². The Morgan fingerprint density at radius 1 is 0.950 bits per heavy atom. The SMILES string of the molecule is Nc1ccccc1N1CCN(c2ncc(Cl)cn2)CC1. The van der Waals surface area contributed by atoms with Crippen LogP contribution in [0.5, 0.6) is 0 Å². The number of para-hydroxylation sites is 2. The molecule has 1 saturated heterocycles. The Balaban J connectivity index is 1.68. The van der Waals surface area contributed by atoms with Crippen LogP contribution < -0.4 is 15.5 Å². The summed E-state index contributed by atoms with van der Waals surface area (Å²) in [6.45, 7) is 3.55. The van der Waals surface area contributed by atoms with Gasteiger partial charge in [-0.3, -0.25) is 0 Å². The molecule has 0 atom stereocenters. The van der Waals surface area contributed by atoms with Gasteiger partial charge >= 0.3 is 0 Å². The lowest BCUT2D eigenvalue weighted by atomic mass is 10.2. The first kappa shape index (κ1) is 13.0. The molecule has 20 heavy (non-hydrogen) atoms.